The SMILES string of the molecule is Cn1c(Nc2nc3ncnc(NCCCN4CCCC4=O)c3[nH]2)nc2ccccc21. The van der Waals surface area contributed by atoms with Crippen LogP contribution in [0.1, 0.15) is 19.3 Å². The van der Waals surface area contributed by atoms with Gasteiger partial charge in [-0.15, -0.1) is 0 Å². The van der Waals surface area contributed by atoms with Gasteiger partial charge in [0.15, 0.2) is 11.5 Å². The van der Waals surface area contributed by atoms with Crippen molar-refractivity contribution < 1.29 is 4.79 Å². The second-order valence-corrected chi connectivity index (χ2v) is 7.38. The molecule has 0 spiro atoms. The maximum absolute atomic E-state index is 11.7. The van der Waals surface area contributed by atoms with E-state index in [-0.39, 0.29) is 5.91 Å². The quantitative estimate of drug-likeness (QED) is 0.404. The number of nitrogens with zero attached hydrogens (tertiary/aromatic N) is 6. The minimum absolute atomic E-state index is 0.255. The van der Waals surface area contributed by atoms with E-state index in [9.17, 15) is 4.79 Å². The van der Waals surface area contributed by atoms with Gasteiger partial charge in [0.2, 0.25) is 17.8 Å². The Morgan fingerprint density at radius 1 is 1.20 bits per heavy atom. The Kier molecular flexibility index (Phi) is 4.66. The van der Waals surface area contributed by atoms with E-state index < -0.39 is 0 Å². The number of anilines is 3. The van der Waals surface area contributed by atoms with Crippen molar-refractivity contribution in [3.8, 4) is 0 Å². The first-order chi connectivity index (χ1) is 14.7. The van der Waals surface area contributed by atoms with Gasteiger partial charge in [-0.3, -0.25) is 10.1 Å². The fourth-order valence-corrected chi connectivity index (χ4v) is 3.80. The van der Waals surface area contributed by atoms with E-state index in [0.717, 1.165) is 42.5 Å². The van der Waals surface area contributed by atoms with Gasteiger partial charge in [-0.2, -0.15) is 4.98 Å². The molecule has 0 radical (unpaired) electrons. The Bertz CT molecular complexity index is 1210. The number of hydrogen-bond donors (Lipinski definition) is 3. The van der Waals surface area contributed by atoms with Gasteiger partial charge >= 0.3 is 0 Å². The maximum atomic E-state index is 11.7. The molecule has 0 bridgehead atoms. The number of H-pyrrole nitrogens is 1. The molecule has 1 aromatic carbocycles. The van der Waals surface area contributed by atoms with E-state index in [1.54, 1.807) is 0 Å². The third-order valence-electron chi connectivity index (χ3n) is 5.37. The van der Waals surface area contributed by atoms with Crippen LogP contribution in [-0.4, -0.2) is 59.9 Å². The minimum Gasteiger partial charge on any atom is -0.368 e. The molecule has 0 aliphatic carbocycles. The van der Waals surface area contributed by atoms with E-state index in [0.29, 0.717) is 36.3 Å². The first-order valence-corrected chi connectivity index (χ1v) is 10.1. The highest BCUT2D eigenvalue weighted by Crippen LogP contribution is 2.23. The summed E-state index contributed by atoms with van der Waals surface area (Å²) in [6, 6.07) is 7.95. The number of likely N-dealkylation sites (tertiary alicyclic amines) is 1. The molecular formula is C20H23N9O. The molecular weight excluding hydrogens is 382 g/mol. The predicted octanol–water partition coefficient (Wildman–Crippen LogP) is 2.41. The van der Waals surface area contributed by atoms with Crippen molar-refractivity contribution in [3.05, 3.63) is 30.6 Å². The highest BCUT2D eigenvalue weighted by molar-refractivity contribution is 5.85. The third kappa shape index (κ3) is 3.40. The molecule has 5 rings (SSSR count). The molecule has 154 valence electrons. The van der Waals surface area contributed by atoms with Crippen molar-refractivity contribution in [1.29, 1.82) is 0 Å². The number of hydrogen-bond acceptors (Lipinski definition) is 7. The van der Waals surface area contributed by atoms with Crippen molar-refractivity contribution in [2.45, 2.75) is 19.3 Å². The van der Waals surface area contributed by atoms with Crippen LogP contribution in [0.4, 0.5) is 17.7 Å². The number of rotatable bonds is 7. The number of benzene rings is 1. The van der Waals surface area contributed by atoms with Crippen LogP contribution in [0.2, 0.25) is 0 Å². The van der Waals surface area contributed by atoms with Crippen LogP contribution in [0.25, 0.3) is 22.2 Å². The monoisotopic (exact) mass is 405 g/mol. The molecule has 1 aliphatic rings. The predicted molar refractivity (Wildman–Crippen MR) is 115 cm³/mol. The molecule has 1 fully saturated rings. The van der Waals surface area contributed by atoms with Crippen LogP contribution in [-0.2, 0) is 11.8 Å². The van der Waals surface area contributed by atoms with E-state index in [1.807, 2.05) is 40.8 Å². The Balaban J connectivity index is 1.29. The van der Waals surface area contributed by atoms with Crippen molar-refractivity contribution in [2.75, 3.05) is 30.3 Å². The summed E-state index contributed by atoms with van der Waals surface area (Å²) in [4.78, 5) is 34.6. The van der Waals surface area contributed by atoms with Crippen LogP contribution in [0, 0.1) is 0 Å². The molecule has 10 heteroatoms. The lowest BCUT2D eigenvalue weighted by Crippen LogP contribution is -2.27. The number of fused-ring (bicyclic) bond motifs is 2. The average molecular weight is 405 g/mol. The Morgan fingerprint density at radius 2 is 2.10 bits per heavy atom. The standard InChI is InChI=1S/C20H23N9O/c1-28-14-7-3-2-6-13(14)24-20(28)27-19-25-16-17(22-12-23-18(16)26-19)21-9-5-11-29-10-4-8-15(29)30/h2-3,6-7,12H,4-5,8-11H2,1H3,(H3,21,22,23,24,25,26,27). The molecule has 0 saturated carbocycles. The van der Waals surface area contributed by atoms with E-state index in [4.69, 9.17) is 0 Å². The smallest absolute Gasteiger partial charge is 0.222 e. The summed E-state index contributed by atoms with van der Waals surface area (Å²) in [5.41, 5.74) is 3.26. The first kappa shape index (κ1) is 18.3. The molecule has 1 amide bonds. The van der Waals surface area contributed by atoms with Gasteiger partial charge in [-0.05, 0) is 25.0 Å². The van der Waals surface area contributed by atoms with Crippen LogP contribution in [0.5, 0.6) is 0 Å². The fraction of sp³-hybridized carbons (Fsp3) is 0.350. The number of aromatic nitrogens is 6. The summed E-state index contributed by atoms with van der Waals surface area (Å²) < 4.78 is 1.98. The number of para-hydroxylation sites is 2. The average Bonchev–Trinajstić information content (AvgIpc) is 3.44. The Morgan fingerprint density at radius 3 is 2.93 bits per heavy atom. The van der Waals surface area contributed by atoms with Crippen molar-refractivity contribution in [1.82, 2.24) is 34.4 Å². The lowest BCUT2D eigenvalue weighted by Gasteiger charge is -2.15. The van der Waals surface area contributed by atoms with Crippen LogP contribution < -0.4 is 10.6 Å². The lowest BCUT2D eigenvalue weighted by molar-refractivity contribution is -0.127. The molecule has 3 N–H and O–H groups in total. The summed E-state index contributed by atoms with van der Waals surface area (Å²) >= 11 is 0. The van der Waals surface area contributed by atoms with Gasteiger partial charge in [0, 0.05) is 33.1 Å². The zero-order chi connectivity index (χ0) is 20.5. The summed E-state index contributed by atoms with van der Waals surface area (Å²) in [5.74, 6) is 2.19. The topological polar surface area (TPSA) is 117 Å². The fourth-order valence-electron chi connectivity index (χ4n) is 3.80. The van der Waals surface area contributed by atoms with E-state index in [1.165, 1.54) is 6.33 Å². The number of aromatic amines is 1. The number of aryl methyl sites for hydroxylation is 1. The second-order valence-electron chi connectivity index (χ2n) is 7.38. The van der Waals surface area contributed by atoms with E-state index in [2.05, 4.69) is 35.6 Å². The molecule has 30 heavy (non-hydrogen) atoms. The van der Waals surface area contributed by atoms with Crippen LogP contribution in [0.15, 0.2) is 30.6 Å². The molecule has 10 nitrogen and oxygen atoms in total. The third-order valence-corrected chi connectivity index (χ3v) is 5.37. The molecule has 0 atom stereocenters. The highest BCUT2D eigenvalue weighted by atomic mass is 16.2. The largest absolute Gasteiger partial charge is 0.368 e. The first-order valence-electron chi connectivity index (χ1n) is 10.1. The number of imidazole rings is 2. The molecule has 3 aromatic heterocycles. The number of amides is 1. The molecule has 1 aliphatic heterocycles. The van der Waals surface area contributed by atoms with Crippen LogP contribution in [0.3, 0.4) is 0 Å². The zero-order valence-corrected chi connectivity index (χ0v) is 16.7. The lowest BCUT2D eigenvalue weighted by atomic mass is 10.3. The normalized spacial score (nSPS) is 14.2. The van der Waals surface area contributed by atoms with Gasteiger partial charge < -0.3 is 19.8 Å². The van der Waals surface area contributed by atoms with Gasteiger partial charge in [-0.1, -0.05) is 12.1 Å². The molecule has 4 heterocycles. The summed E-state index contributed by atoms with van der Waals surface area (Å²) in [6.07, 6.45) is 3.99. The molecule has 1 saturated heterocycles. The summed E-state index contributed by atoms with van der Waals surface area (Å²) in [7, 11) is 1.96. The Hall–Kier alpha value is -3.69. The van der Waals surface area contributed by atoms with Gasteiger partial charge in [0.25, 0.3) is 0 Å². The number of nitrogens with one attached hydrogen (secondary N) is 3. The summed E-state index contributed by atoms with van der Waals surface area (Å²) in [5, 5.41) is 6.56. The van der Waals surface area contributed by atoms with E-state index >= 15 is 0 Å². The number of carbonyl (C=O) groups is 1. The number of carbonyl (C=O) groups excluding carboxylic acids is 1. The Labute approximate surface area is 172 Å². The van der Waals surface area contributed by atoms with Gasteiger partial charge in [0.1, 0.15) is 11.8 Å². The van der Waals surface area contributed by atoms with Crippen molar-refractivity contribution in [3.63, 3.8) is 0 Å². The maximum Gasteiger partial charge on any atom is 0.222 e. The van der Waals surface area contributed by atoms with Crippen molar-refractivity contribution >= 4 is 45.8 Å². The second kappa shape index (κ2) is 7.62. The molecule has 4 aromatic rings. The van der Waals surface area contributed by atoms with Gasteiger partial charge in [-0.25, -0.2) is 15.0 Å². The van der Waals surface area contributed by atoms with Crippen LogP contribution >= 0.6 is 0 Å². The zero-order valence-electron chi connectivity index (χ0n) is 16.7. The highest BCUT2D eigenvalue weighted by Gasteiger charge is 2.19. The minimum atomic E-state index is 0.255. The van der Waals surface area contributed by atoms with Gasteiger partial charge in [0.05, 0.1) is 11.0 Å². The van der Waals surface area contributed by atoms with Crippen molar-refractivity contribution in [2.24, 2.45) is 7.05 Å². The summed E-state index contributed by atoms with van der Waals surface area (Å²) in [6.45, 7) is 2.35. The molecule has 0 unspecified atom stereocenters.